The Labute approximate surface area is 193 Å². The van der Waals surface area contributed by atoms with E-state index in [0.29, 0.717) is 31.7 Å². The van der Waals surface area contributed by atoms with E-state index in [1.54, 1.807) is 24.1 Å². The molecule has 0 aliphatic carbocycles. The fourth-order valence-electron chi connectivity index (χ4n) is 3.63. The van der Waals surface area contributed by atoms with Gasteiger partial charge in [0.1, 0.15) is 11.8 Å². The first kappa shape index (κ1) is 24.3. The number of rotatable bonds is 10. The van der Waals surface area contributed by atoms with Crippen molar-refractivity contribution in [2.24, 2.45) is 0 Å². The third-order valence-electron chi connectivity index (χ3n) is 5.29. The molecular formula is C24H29N3O5S. The predicted molar refractivity (Wildman–Crippen MR) is 127 cm³/mol. The molecule has 1 unspecified atom stereocenters. The van der Waals surface area contributed by atoms with Crippen molar-refractivity contribution in [3.63, 3.8) is 0 Å². The van der Waals surface area contributed by atoms with Gasteiger partial charge in [0.15, 0.2) is 9.84 Å². The van der Waals surface area contributed by atoms with E-state index >= 15 is 0 Å². The summed E-state index contributed by atoms with van der Waals surface area (Å²) in [4.78, 5) is 29.8. The van der Waals surface area contributed by atoms with Crippen LogP contribution in [0.5, 0.6) is 5.75 Å². The number of nitrogens with one attached hydrogen (secondary N) is 2. The zero-order valence-electron chi connectivity index (χ0n) is 19.0. The summed E-state index contributed by atoms with van der Waals surface area (Å²) in [6.45, 7) is 2.14. The number of hydrogen-bond donors (Lipinski definition) is 2. The van der Waals surface area contributed by atoms with E-state index in [1.165, 1.54) is 19.1 Å². The Morgan fingerprint density at radius 2 is 1.91 bits per heavy atom. The van der Waals surface area contributed by atoms with Crippen LogP contribution in [0.4, 0.5) is 0 Å². The summed E-state index contributed by atoms with van der Waals surface area (Å²) in [5.41, 5.74) is 1.94. The molecule has 1 atom stereocenters. The molecule has 3 aromatic rings. The monoisotopic (exact) mass is 471 g/mol. The van der Waals surface area contributed by atoms with Crippen molar-refractivity contribution < 1.29 is 22.7 Å². The molecule has 8 nitrogen and oxygen atoms in total. The van der Waals surface area contributed by atoms with Gasteiger partial charge >= 0.3 is 0 Å². The molecule has 0 saturated heterocycles. The molecule has 0 fully saturated rings. The first-order valence-corrected chi connectivity index (χ1v) is 12.5. The first-order valence-electron chi connectivity index (χ1n) is 10.6. The molecule has 1 heterocycles. The number of amides is 2. The molecule has 2 amide bonds. The van der Waals surface area contributed by atoms with Crippen molar-refractivity contribution >= 4 is 32.6 Å². The fourth-order valence-corrected chi connectivity index (χ4v) is 4.28. The number of fused-ring (bicyclic) bond motifs is 1. The number of carbonyl (C=O) groups excluding carboxylic acids is 2. The number of hydrogen-bond acceptors (Lipinski definition) is 5. The highest BCUT2D eigenvalue weighted by molar-refractivity contribution is 7.90. The van der Waals surface area contributed by atoms with Gasteiger partial charge in [-0.3, -0.25) is 9.59 Å². The number of H-pyrrole nitrogens is 1. The largest absolute Gasteiger partial charge is 0.493 e. The number of nitrogens with zero attached hydrogens (tertiary/aromatic N) is 1. The van der Waals surface area contributed by atoms with E-state index in [4.69, 9.17) is 4.74 Å². The number of sulfone groups is 1. The minimum atomic E-state index is -3.31. The predicted octanol–water partition coefficient (Wildman–Crippen LogP) is 2.55. The first-order chi connectivity index (χ1) is 15.6. The lowest BCUT2D eigenvalue weighted by molar-refractivity contribution is -0.135. The second-order valence-corrected chi connectivity index (χ2v) is 10.0. The molecule has 0 spiro atoms. The molecule has 0 saturated carbocycles. The van der Waals surface area contributed by atoms with Crippen LogP contribution < -0.4 is 10.1 Å². The van der Waals surface area contributed by atoms with Crippen LogP contribution in [0.25, 0.3) is 10.9 Å². The third kappa shape index (κ3) is 6.58. The topological polar surface area (TPSA) is 109 Å². The van der Waals surface area contributed by atoms with Crippen molar-refractivity contribution in [2.75, 3.05) is 26.5 Å². The summed E-state index contributed by atoms with van der Waals surface area (Å²) >= 11 is 0. The summed E-state index contributed by atoms with van der Waals surface area (Å²) in [5, 5.41) is 3.79. The van der Waals surface area contributed by atoms with E-state index in [9.17, 15) is 18.0 Å². The zero-order chi connectivity index (χ0) is 24.0. The normalized spacial score (nSPS) is 12.3. The molecule has 0 radical (unpaired) electrons. The standard InChI is InChI=1S/C24H29N3O5S/c1-17(28)26-23(14-18-16-25-22-11-5-4-10-21(18)22)24(29)27(2)12-7-13-32-19-8-6-9-20(15-19)33(3,30)31/h4-6,8-11,15-16,23,25H,7,12-14H2,1-3H3,(H,26,28). The van der Waals surface area contributed by atoms with Crippen LogP contribution in [0.1, 0.15) is 18.9 Å². The number of likely N-dealkylation sites (N-methyl/N-ethyl adjacent to an activating group) is 1. The Morgan fingerprint density at radius 1 is 1.15 bits per heavy atom. The summed E-state index contributed by atoms with van der Waals surface area (Å²) in [6, 6.07) is 13.5. The summed E-state index contributed by atoms with van der Waals surface area (Å²) in [7, 11) is -1.61. The SMILES string of the molecule is CC(=O)NC(Cc1c[nH]c2ccccc12)C(=O)N(C)CCCOc1cccc(S(C)(=O)=O)c1. The highest BCUT2D eigenvalue weighted by Gasteiger charge is 2.24. The maximum atomic E-state index is 13.1. The Hall–Kier alpha value is -3.33. The highest BCUT2D eigenvalue weighted by atomic mass is 32.2. The number of para-hydroxylation sites is 1. The molecule has 0 aliphatic heterocycles. The Balaban J connectivity index is 1.57. The number of ether oxygens (including phenoxy) is 1. The molecular weight excluding hydrogens is 442 g/mol. The van der Waals surface area contributed by atoms with Crippen LogP contribution in [0.2, 0.25) is 0 Å². The summed E-state index contributed by atoms with van der Waals surface area (Å²) in [5.74, 6) is 0.00704. The second kappa shape index (κ2) is 10.5. The van der Waals surface area contributed by atoms with E-state index < -0.39 is 15.9 Å². The molecule has 1 aromatic heterocycles. The van der Waals surface area contributed by atoms with Crippen LogP contribution in [-0.2, 0) is 25.8 Å². The summed E-state index contributed by atoms with van der Waals surface area (Å²) < 4.78 is 29.0. The molecule has 2 aromatic carbocycles. The lowest BCUT2D eigenvalue weighted by atomic mass is 10.0. The molecule has 2 N–H and O–H groups in total. The van der Waals surface area contributed by atoms with Crippen LogP contribution in [-0.4, -0.2) is 62.6 Å². The van der Waals surface area contributed by atoms with Gasteiger partial charge in [0.05, 0.1) is 11.5 Å². The third-order valence-corrected chi connectivity index (χ3v) is 6.40. The molecule has 176 valence electrons. The van der Waals surface area contributed by atoms with Crippen molar-refractivity contribution in [3.8, 4) is 5.75 Å². The van der Waals surface area contributed by atoms with Gasteiger partial charge in [0, 0.05) is 50.3 Å². The van der Waals surface area contributed by atoms with Crippen LogP contribution >= 0.6 is 0 Å². The lowest BCUT2D eigenvalue weighted by Gasteiger charge is -2.24. The minimum Gasteiger partial charge on any atom is -0.493 e. The van der Waals surface area contributed by atoms with E-state index in [1.807, 2.05) is 30.5 Å². The van der Waals surface area contributed by atoms with Crippen LogP contribution in [0.15, 0.2) is 59.6 Å². The van der Waals surface area contributed by atoms with Gasteiger partial charge < -0.3 is 19.9 Å². The minimum absolute atomic E-state index is 0.186. The van der Waals surface area contributed by atoms with Gasteiger partial charge in [-0.25, -0.2) is 8.42 Å². The quantitative estimate of drug-likeness (QED) is 0.442. The molecule has 9 heteroatoms. The highest BCUT2D eigenvalue weighted by Crippen LogP contribution is 2.20. The van der Waals surface area contributed by atoms with Gasteiger partial charge in [0.2, 0.25) is 11.8 Å². The van der Waals surface area contributed by atoms with Gasteiger partial charge in [-0.2, -0.15) is 0 Å². The Bertz CT molecular complexity index is 1240. The second-order valence-electron chi connectivity index (χ2n) is 8.03. The number of aromatic amines is 1. The molecule has 33 heavy (non-hydrogen) atoms. The maximum absolute atomic E-state index is 13.1. The van der Waals surface area contributed by atoms with Gasteiger partial charge in [-0.1, -0.05) is 24.3 Å². The average Bonchev–Trinajstić information content (AvgIpc) is 3.18. The lowest BCUT2D eigenvalue weighted by Crippen LogP contribution is -2.48. The molecule has 0 aliphatic rings. The van der Waals surface area contributed by atoms with E-state index in [0.717, 1.165) is 22.7 Å². The van der Waals surface area contributed by atoms with Gasteiger partial charge in [-0.05, 0) is 36.2 Å². The molecule has 3 rings (SSSR count). The number of carbonyl (C=O) groups is 2. The fraction of sp³-hybridized carbons (Fsp3) is 0.333. The van der Waals surface area contributed by atoms with Crippen molar-refractivity contribution in [1.29, 1.82) is 0 Å². The van der Waals surface area contributed by atoms with Crippen molar-refractivity contribution in [2.45, 2.75) is 30.7 Å². The van der Waals surface area contributed by atoms with Gasteiger partial charge in [-0.15, -0.1) is 0 Å². The van der Waals surface area contributed by atoms with Crippen LogP contribution in [0.3, 0.4) is 0 Å². The van der Waals surface area contributed by atoms with Crippen LogP contribution in [0, 0.1) is 0 Å². The zero-order valence-corrected chi connectivity index (χ0v) is 19.8. The van der Waals surface area contributed by atoms with Crippen molar-refractivity contribution in [3.05, 3.63) is 60.3 Å². The average molecular weight is 472 g/mol. The summed E-state index contributed by atoms with van der Waals surface area (Å²) in [6.07, 6.45) is 3.94. The number of benzene rings is 2. The smallest absolute Gasteiger partial charge is 0.245 e. The van der Waals surface area contributed by atoms with E-state index in [2.05, 4.69) is 10.3 Å². The Kier molecular flexibility index (Phi) is 7.75. The number of aromatic nitrogens is 1. The maximum Gasteiger partial charge on any atom is 0.245 e. The molecule has 0 bridgehead atoms. The van der Waals surface area contributed by atoms with Crippen molar-refractivity contribution in [1.82, 2.24) is 15.2 Å². The Morgan fingerprint density at radius 3 is 2.64 bits per heavy atom. The van der Waals surface area contributed by atoms with Gasteiger partial charge in [0.25, 0.3) is 0 Å². The van der Waals surface area contributed by atoms with E-state index in [-0.39, 0.29) is 16.7 Å².